The normalized spacial score (nSPS) is 25.0. The smallest absolute Gasteiger partial charge is 0.127 e. The van der Waals surface area contributed by atoms with Gasteiger partial charge in [-0.05, 0) is 18.4 Å². The molecule has 1 aromatic carbocycles. The summed E-state index contributed by atoms with van der Waals surface area (Å²) in [7, 11) is 0. The van der Waals surface area contributed by atoms with Crippen LogP contribution in [-0.4, -0.2) is 30.1 Å². The van der Waals surface area contributed by atoms with E-state index in [2.05, 4.69) is 31.0 Å². The van der Waals surface area contributed by atoms with Crippen LogP contribution in [0.15, 0.2) is 24.3 Å². The van der Waals surface area contributed by atoms with Crippen molar-refractivity contribution in [1.29, 1.82) is 0 Å². The minimum Gasteiger partial charge on any atom is -0.311 e. The molecule has 1 heterocycles. The summed E-state index contributed by atoms with van der Waals surface area (Å²) in [6, 6.07) is 8.23. The highest BCUT2D eigenvalue weighted by Crippen LogP contribution is 2.21. The van der Waals surface area contributed by atoms with Crippen molar-refractivity contribution < 1.29 is 4.39 Å². The summed E-state index contributed by atoms with van der Waals surface area (Å²) in [5, 5.41) is 3.70. The molecule has 0 amide bonds. The molecular weight excluding hydrogens is 263 g/mol. The van der Waals surface area contributed by atoms with Gasteiger partial charge in [0.15, 0.2) is 0 Å². The Morgan fingerprint density at radius 1 is 1.33 bits per heavy atom. The second-order valence-corrected chi connectivity index (χ2v) is 6.36. The van der Waals surface area contributed by atoms with E-state index in [1.165, 1.54) is 19.3 Å². The Labute approximate surface area is 128 Å². The van der Waals surface area contributed by atoms with Gasteiger partial charge in [-0.25, -0.2) is 4.39 Å². The minimum absolute atomic E-state index is 0.0774. The second-order valence-electron chi connectivity index (χ2n) is 6.36. The van der Waals surface area contributed by atoms with Crippen molar-refractivity contribution in [2.45, 2.75) is 58.7 Å². The first-order valence-corrected chi connectivity index (χ1v) is 8.36. The van der Waals surface area contributed by atoms with Crippen LogP contribution in [0.3, 0.4) is 0 Å². The summed E-state index contributed by atoms with van der Waals surface area (Å²) >= 11 is 0. The second kappa shape index (κ2) is 7.90. The molecule has 1 aromatic rings. The number of nitrogens with one attached hydrogen (secondary N) is 1. The Kier molecular flexibility index (Phi) is 6.19. The van der Waals surface area contributed by atoms with Crippen LogP contribution in [0, 0.1) is 11.7 Å². The topological polar surface area (TPSA) is 15.3 Å². The van der Waals surface area contributed by atoms with Crippen molar-refractivity contribution in [2.75, 3.05) is 13.1 Å². The molecule has 1 fully saturated rings. The standard InChI is InChI=1S/C18H29FN2/c1-4-8-16-11-20-18(14(3)5-2)13-21(16)12-15-9-6-7-10-17(15)19/h6-7,9-10,14,16,18,20H,4-5,8,11-13H2,1-3H3. The van der Waals surface area contributed by atoms with Crippen LogP contribution in [0.5, 0.6) is 0 Å². The van der Waals surface area contributed by atoms with Crippen molar-refractivity contribution in [3.05, 3.63) is 35.6 Å². The first kappa shape index (κ1) is 16.4. The highest BCUT2D eigenvalue weighted by Gasteiger charge is 2.29. The van der Waals surface area contributed by atoms with Crippen LogP contribution in [0.2, 0.25) is 0 Å². The van der Waals surface area contributed by atoms with E-state index in [4.69, 9.17) is 0 Å². The summed E-state index contributed by atoms with van der Waals surface area (Å²) in [4.78, 5) is 2.48. The van der Waals surface area contributed by atoms with E-state index < -0.39 is 0 Å². The van der Waals surface area contributed by atoms with Gasteiger partial charge < -0.3 is 5.32 Å². The van der Waals surface area contributed by atoms with Crippen LogP contribution < -0.4 is 5.32 Å². The van der Waals surface area contributed by atoms with E-state index in [1.54, 1.807) is 12.1 Å². The van der Waals surface area contributed by atoms with Gasteiger partial charge in [-0.2, -0.15) is 0 Å². The third-order valence-corrected chi connectivity index (χ3v) is 4.85. The van der Waals surface area contributed by atoms with Crippen molar-refractivity contribution >= 4 is 0 Å². The van der Waals surface area contributed by atoms with E-state index in [0.717, 1.165) is 25.2 Å². The maximum atomic E-state index is 13.9. The Bertz CT molecular complexity index is 435. The van der Waals surface area contributed by atoms with E-state index in [1.807, 2.05) is 12.1 Å². The molecular formula is C18H29FN2. The monoisotopic (exact) mass is 292 g/mol. The summed E-state index contributed by atoms with van der Waals surface area (Å²) in [6.07, 6.45) is 3.53. The molecule has 3 atom stereocenters. The van der Waals surface area contributed by atoms with Crippen molar-refractivity contribution in [1.82, 2.24) is 10.2 Å². The lowest BCUT2D eigenvalue weighted by molar-refractivity contribution is 0.0949. The molecule has 0 aromatic heterocycles. The molecule has 1 aliphatic heterocycles. The molecule has 0 radical (unpaired) electrons. The molecule has 1 N–H and O–H groups in total. The van der Waals surface area contributed by atoms with Gasteiger partial charge in [0.1, 0.15) is 5.82 Å². The van der Waals surface area contributed by atoms with Crippen LogP contribution in [0.4, 0.5) is 4.39 Å². The van der Waals surface area contributed by atoms with Crippen LogP contribution in [0.1, 0.15) is 45.6 Å². The fourth-order valence-electron chi connectivity index (χ4n) is 3.21. The molecule has 21 heavy (non-hydrogen) atoms. The third-order valence-electron chi connectivity index (χ3n) is 4.85. The number of rotatable bonds is 6. The first-order valence-electron chi connectivity index (χ1n) is 8.36. The maximum absolute atomic E-state index is 13.9. The molecule has 2 rings (SSSR count). The van der Waals surface area contributed by atoms with E-state index >= 15 is 0 Å². The maximum Gasteiger partial charge on any atom is 0.127 e. The molecule has 118 valence electrons. The van der Waals surface area contributed by atoms with Gasteiger partial charge in [0, 0.05) is 37.3 Å². The molecule has 0 bridgehead atoms. The highest BCUT2D eigenvalue weighted by atomic mass is 19.1. The fraction of sp³-hybridized carbons (Fsp3) is 0.667. The van der Waals surface area contributed by atoms with Gasteiger partial charge in [-0.3, -0.25) is 4.90 Å². The molecule has 3 heteroatoms. The number of benzene rings is 1. The first-order chi connectivity index (χ1) is 10.2. The summed E-state index contributed by atoms with van der Waals surface area (Å²) in [5.74, 6) is 0.585. The van der Waals surface area contributed by atoms with Gasteiger partial charge in [0.25, 0.3) is 0 Å². The summed E-state index contributed by atoms with van der Waals surface area (Å²) in [6.45, 7) is 9.55. The number of halogens is 1. The van der Waals surface area contributed by atoms with Gasteiger partial charge >= 0.3 is 0 Å². The van der Waals surface area contributed by atoms with E-state index in [-0.39, 0.29) is 5.82 Å². The predicted octanol–water partition coefficient (Wildman–Crippen LogP) is 3.81. The van der Waals surface area contributed by atoms with Crippen molar-refractivity contribution in [3.63, 3.8) is 0 Å². The Hall–Kier alpha value is -0.930. The SMILES string of the molecule is CCCC1CNC(C(C)CC)CN1Cc1ccccc1F. The van der Waals surface area contributed by atoms with Gasteiger partial charge in [0.2, 0.25) is 0 Å². The lowest BCUT2D eigenvalue weighted by atomic mass is 9.94. The highest BCUT2D eigenvalue weighted by molar-refractivity contribution is 5.17. The number of piperazine rings is 1. The van der Waals surface area contributed by atoms with Gasteiger partial charge in [-0.15, -0.1) is 0 Å². The van der Waals surface area contributed by atoms with Crippen LogP contribution in [0.25, 0.3) is 0 Å². The lowest BCUT2D eigenvalue weighted by Crippen LogP contribution is -2.57. The molecule has 0 saturated carbocycles. The molecule has 2 nitrogen and oxygen atoms in total. The van der Waals surface area contributed by atoms with E-state index in [9.17, 15) is 4.39 Å². The zero-order valence-corrected chi connectivity index (χ0v) is 13.6. The zero-order valence-electron chi connectivity index (χ0n) is 13.6. The number of hydrogen-bond acceptors (Lipinski definition) is 2. The average Bonchev–Trinajstić information content (AvgIpc) is 2.50. The molecule has 0 aliphatic carbocycles. The number of nitrogens with zero attached hydrogens (tertiary/aromatic N) is 1. The zero-order chi connectivity index (χ0) is 15.2. The molecule has 1 aliphatic rings. The summed E-state index contributed by atoms with van der Waals surface area (Å²) in [5.41, 5.74) is 0.823. The van der Waals surface area contributed by atoms with Gasteiger partial charge in [-0.1, -0.05) is 51.8 Å². The fourth-order valence-corrected chi connectivity index (χ4v) is 3.21. The van der Waals surface area contributed by atoms with Crippen LogP contribution >= 0.6 is 0 Å². The average molecular weight is 292 g/mol. The Morgan fingerprint density at radius 2 is 2.10 bits per heavy atom. The lowest BCUT2D eigenvalue weighted by Gasteiger charge is -2.42. The molecule has 1 saturated heterocycles. The number of hydrogen-bond donors (Lipinski definition) is 1. The minimum atomic E-state index is -0.0774. The summed E-state index contributed by atoms with van der Waals surface area (Å²) < 4.78 is 13.9. The third kappa shape index (κ3) is 4.27. The molecule has 3 unspecified atom stereocenters. The van der Waals surface area contributed by atoms with Gasteiger partial charge in [0.05, 0.1) is 0 Å². The Balaban J connectivity index is 2.08. The van der Waals surface area contributed by atoms with Crippen LogP contribution in [-0.2, 0) is 6.54 Å². The quantitative estimate of drug-likeness (QED) is 0.857. The predicted molar refractivity (Wildman–Crippen MR) is 86.8 cm³/mol. The molecule has 0 spiro atoms. The Morgan fingerprint density at radius 3 is 2.76 bits per heavy atom. The van der Waals surface area contributed by atoms with Crippen molar-refractivity contribution in [2.24, 2.45) is 5.92 Å². The van der Waals surface area contributed by atoms with E-state index in [0.29, 0.717) is 18.0 Å². The largest absolute Gasteiger partial charge is 0.311 e. The van der Waals surface area contributed by atoms with Crippen molar-refractivity contribution in [3.8, 4) is 0 Å².